The van der Waals surface area contributed by atoms with Crippen molar-refractivity contribution in [2.24, 2.45) is 17.3 Å². The Morgan fingerprint density at radius 1 is 1.27 bits per heavy atom. The standard InChI is InChI=1S/C27H40ClNO8/c1-6-17-24(33)15(2)8-7-9-27(5)21(37-27)11-19(18(28)10-16-14-35-22(13-30)29-16)36-23(32)12-20(31)26(3,4)25(17)34/h10,14-15,17,19-21,24,30-31,33H,6-9,11-13H2,1-5H3/b18-10+/t15-,17+,19-,20-,21-,24-,27-/m0/s1. The molecule has 3 rings (SSSR count). The molecule has 10 heteroatoms. The van der Waals surface area contributed by atoms with Crippen molar-refractivity contribution < 1.29 is 38.8 Å². The molecule has 0 saturated carbocycles. The van der Waals surface area contributed by atoms with Crippen molar-refractivity contribution >= 4 is 29.4 Å². The predicted octanol–water partition coefficient (Wildman–Crippen LogP) is 3.76. The minimum atomic E-state index is -1.31. The van der Waals surface area contributed by atoms with Crippen LogP contribution in [-0.4, -0.2) is 62.1 Å². The molecular weight excluding hydrogens is 502 g/mol. The maximum atomic E-state index is 13.4. The fourth-order valence-electron chi connectivity index (χ4n) is 5.10. The van der Waals surface area contributed by atoms with Gasteiger partial charge in [0.05, 0.1) is 40.8 Å². The molecule has 3 heterocycles. The second-order valence-corrected chi connectivity index (χ2v) is 11.6. The van der Waals surface area contributed by atoms with E-state index in [1.807, 2.05) is 20.8 Å². The minimum absolute atomic E-state index is 0.114. The number of hydrogen-bond acceptors (Lipinski definition) is 9. The molecule has 2 saturated heterocycles. The summed E-state index contributed by atoms with van der Waals surface area (Å²) >= 11 is 6.57. The number of cyclic esters (lactones) is 1. The minimum Gasteiger partial charge on any atom is -0.456 e. The van der Waals surface area contributed by atoms with E-state index in [1.165, 1.54) is 12.3 Å². The Labute approximate surface area is 223 Å². The van der Waals surface area contributed by atoms with Crippen molar-refractivity contribution in [3.05, 3.63) is 22.9 Å². The van der Waals surface area contributed by atoms with E-state index in [2.05, 4.69) is 4.98 Å². The third-order valence-corrected chi connectivity index (χ3v) is 8.32. The molecule has 0 amide bonds. The first kappa shape index (κ1) is 29.8. The SMILES string of the molecule is CC[C@H]1C(=O)C(C)(C)[C@@H](O)CC(=O)O[C@H](/C(Cl)=C\c2coc(CO)n2)C[C@@H]2O[C@@]2(C)CCC[C@H](C)[C@@H]1O. The lowest BCUT2D eigenvalue weighted by Crippen LogP contribution is -2.46. The molecule has 7 atom stereocenters. The number of hydrogen-bond donors (Lipinski definition) is 3. The number of fused-ring (bicyclic) bond motifs is 1. The van der Waals surface area contributed by atoms with Gasteiger partial charge in [0.1, 0.15) is 30.5 Å². The van der Waals surface area contributed by atoms with E-state index in [9.17, 15) is 24.9 Å². The van der Waals surface area contributed by atoms with Crippen LogP contribution in [0.1, 0.15) is 84.7 Å². The molecular formula is C27H40ClNO8. The van der Waals surface area contributed by atoms with Crippen LogP contribution in [0, 0.1) is 17.3 Å². The number of oxazole rings is 1. The molecule has 0 aromatic carbocycles. The topological polar surface area (TPSA) is 143 Å². The van der Waals surface area contributed by atoms with Crippen molar-refractivity contribution in [2.75, 3.05) is 0 Å². The number of carbonyl (C=O) groups excluding carboxylic acids is 2. The summed E-state index contributed by atoms with van der Waals surface area (Å²) < 4.78 is 16.8. The van der Waals surface area contributed by atoms with Gasteiger partial charge in [0, 0.05) is 12.3 Å². The van der Waals surface area contributed by atoms with Gasteiger partial charge in [0.2, 0.25) is 5.89 Å². The number of carbonyl (C=O) groups is 2. The zero-order valence-corrected chi connectivity index (χ0v) is 23.0. The number of aromatic nitrogens is 1. The summed E-state index contributed by atoms with van der Waals surface area (Å²) in [5.74, 6) is -1.63. The van der Waals surface area contributed by atoms with Crippen LogP contribution >= 0.6 is 11.6 Å². The van der Waals surface area contributed by atoms with Crippen LogP contribution in [0.15, 0.2) is 15.7 Å². The third kappa shape index (κ3) is 7.00. The highest BCUT2D eigenvalue weighted by atomic mass is 35.5. The van der Waals surface area contributed by atoms with Crippen LogP contribution in [0.25, 0.3) is 6.08 Å². The molecule has 2 aliphatic heterocycles. The molecule has 0 unspecified atom stereocenters. The molecule has 1 aromatic heterocycles. The Bertz CT molecular complexity index is 991. The summed E-state index contributed by atoms with van der Waals surface area (Å²) in [6.45, 7) is 8.59. The molecule has 0 aliphatic carbocycles. The lowest BCUT2D eigenvalue weighted by molar-refractivity contribution is -0.154. The van der Waals surface area contributed by atoms with Gasteiger partial charge < -0.3 is 29.2 Å². The van der Waals surface area contributed by atoms with Gasteiger partial charge in [0.15, 0.2) is 0 Å². The zero-order valence-electron chi connectivity index (χ0n) is 22.3. The van der Waals surface area contributed by atoms with Gasteiger partial charge in [-0.05, 0) is 38.2 Å². The highest BCUT2D eigenvalue weighted by Gasteiger charge is 2.53. The van der Waals surface area contributed by atoms with Crippen molar-refractivity contribution in [1.82, 2.24) is 4.98 Å². The molecule has 1 aromatic rings. The number of Topliss-reactive ketones (excluding diaryl/α,β-unsaturated/α-hetero) is 1. The predicted molar refractivity (Wildman–Crippen MR) is 136 cm³/mol. The lowest BCUT2D eigenvalue weighted by atomic mass is 9.71. The number of ketones is 1. The van der Waals surface area contributed by atoms with Gasteiger partial charge in [-0.1, -0.05) is 45.7 Å². The first-order valence-corrected chi connectivity index (χ1v) is 13.4. The zero-order chi connectivity index (χ0) is 27.5. The highest BCUT2D eigenvalue weighted by Crippen LogP contribution is 2.45. The van der Waals surface area contributed by atoms with Crippen molar-refractivity contribution in [3.63, 3.8) is 0 Å². The molecule has 37 heavy (non-hydrogen) atoms. The normalized spacial score (nSPS) is 36.1. The second kappa shape index (κ2) is 11.9. The van der Waals surface area contributed by atoms with Crippen LogP contribution in [0.3, 0.4) is 0 Å². The van der Waals surface area contributed by atoms with E-state index < -0.39 is 47.6 Å². The van der Waals surface area contributed by atoms with Crippen LogP contribution in [0.4, 0.5) is 0 Å². The molecule has 2 aliphatic rings. The van der Waals surface area contributed by atoms with E-state index in [0.29, 0.717) is 18.5 Å². The average molecular weight is 542 g/mol. The van der Waals surface area contributed by atoms with E-state index >= 15 is 0 Å². The number of aliphatic hydroxyl groups is 3. The molecule has 208 valence electrons. The van der Waals surface area contributed by atoms with Gasteiger partial charge in [0.25, 0.3) is 0 Å². The Hall–Kier alpha value is -1.78. The van der Waals surface area contributed by atoms with E-state index in [1.54, 1.807) is 13.8 Å². The summed E-state index contributed by atoms with van der Waals surface area (Å²) in [5.41, 5.74) is -1.32. The van der Waals surface area contributed by atoms with Gasteiger partial charge in [-0.25, -0.2) is 4.98 Å². The number of aliphatic hydroxyl groups excluding tert-OH is 3. The summed E-state index contributed by atoms with van der Waals surface area (Å²) in [6.07, 6.45) is 2.19. The molecule has 0 radical (unpaired) electrons. The molecule has 0 bridgehead atoms. The molecule has 0 spiro atoms. The number of halogens is 1. The Morgan fingerprint density at radius 2 is 1.97 bits per heavy atom. The van der Waals surface area contributed by atoms with E-state index in [-0.39, 0.29) is 35.3 Å². The average Bonchev–Trinajstić information content (AvgIpc) is 3.24. The number of epoxide rings is 1. The lowest BCUT2D eigenvalue weighted by Gasteiger charge is -2.35. The molecule has 9 nitrogen and oxygen atoms in total. The Morgan fingerprint density at radius 3 is 2.59 bits per heavy atom. The Balaban J connectivity index is 1.87. The fourth-order valence-corrected chi connectivity index (χ4v) is 5.35. The van der Waals surface area contributed by atoms with E-state index in [0.717, 1.165) is 19.3 Å². The molecule has 3 N–H and O–H groups in total. The maximum Gasteiger partial charge on any atom is 0.309 e. The van der Waals surface area contributed by atoms with Gasteiger partial charge >= 0.3 is 5.97 Å². The number of esters is 1. The third-order valence-electron chi connectivity index (χ3n) is 7.97. The number of nitrogens with zero attached hydrogens (tertiary/aromatic N) is 1. The van der Waals surface area contributed by atoms with Gasteiger partial charge in [-0.15, -0.1) is 0 Å². The summed E-state index contributed by atoms with van der Waals surface area (Å²) in [4.78, 5) is 30.4. The molecule has 2 fully saturated rings. The largest absolute Gasteiger partial charge is 0.456 e. The van der Waals surface area contributed by atoms with Crippen molar-refractivity contribution in [1.29, 1.82) is 0 Å². The summed E-state index contributed by atoms with van der Waals surface area (Å²) in [5, 5.41) is 31.3. The van der Waals surface area contributed by atoms with Crippen LogP contribution in [0.5, 0.6) is 0 Å². The van der Waals surface area contributed by atoms with E-state index in [4.69, 9.17) is 25.5 Å². The van der Waals surface area contributed by atoms with Gasteiger partial charge in [-0.2, -0.15) is 0 Å². The highest BCUT2D eigenvalue weighted by molar-refractivity contribution is 6.32. The van der Waals surface area contributed by atoms with Crippen LogP contribution < -0.4 is 0 Å². The monoisotopic (exact) mass is 541 g/mol. The summed E-state index contributed by atoms with van der Waals surface area (Å²) in [6, 6.07) is 0. The first-order chi connectivity index (χ1) is 17.3. The summed E-state index contributed by atoms with van der Waals surface area (Å²) in [7, 11) is 0. The number of rotatable bonds is 4. The smallest absolute Gasteiger partial charge is 0.309 e. The first-order valence-electron chi connectivity index (χ1n) is 13.0. The van der Waals surface area contributed by atoms with Gasteiger partial charge in [-0.3, -0.25) is 9.59 Å². The fraction of sp³-hybridized carbons (Fsp3) is 0.741. The Kier molecular flexibility index (Phi) is 9.61. The van der Waals surface area contributed by atoms with Crippen molar-refractivity contribution in [3.8, 4) is 0 Å². The van der Waals surface area contributed by atoms with Crippen molar-refractivity contribution in [2.45, 2.75) is 110 Å². The quantitative estimate of drug-likeness (QED) is 0.383. The van der Waals surface area contributed by atoms with Crippen LogP contribution in [0.2, 0.25) is 0 Å². The maximum absolute atomic E-state index is 13.4. The van der Waals surface area contributed by atoms with Crippen LogP contribution in [-0.2, 0) is 25.7 Å². The second-order valence-electron chi connectivity index (χ2n) is 11.2. The number of ether oxygens (including phenoxy) is 2.